The van der Waals surface area contributed by atoms with Gasteiger partial charge in [0.05, 0.1) is 29.3 Å². The van der Waals surface area contributed by atoms with E-state index in [-0.39, 0.29) is 29.2 Å². The zero-order valence-electron chi connectivity index (χ0n) is 22.2. The van der Waals surface area contributed by atoms with Crippen LogP contribution in [-0.2, 0) is 19.6 Å². The summed E-state index contributed by atoms with van der Waals surface area (Å²) in [5.41, 5.74) is 4.70. The molecular weight excluding hydrogens is 500 g/mol. The van der Waals surface area contributed by atoms with Gasteiger partial charge in [0.2, 0.25) is 5.82 Å². The van der Waals surface area contributed by atoms with E-state index in [0.29, 0.717) is 30.7 Å². The van der Waals surface area contributed by atoms with E-state index in [4.69, 9.17) is 4.74 Å². The second kappa shape index (κ2) is 10.4. The molecule has 1 aromatic carbocycles. The Morgan fingerprint density at radius 2 is 1.95 bits per heavy atom. The van der Waals surface area contributed by atoms with E-state index in [1.807, 2.05) is 42.9 Å². The summed E-state index contributed by atoms with van der Waals surface area (Å²) in [6.07, 6.45) is 7.52. The standard InChI is InChI=1S/C30H31F2N5O2/c1-19-5-6-23(14-34-19)35-9-3-4-24(18-35)37(15-21-7-8-33-20(2)12-21)17-22-16-36-10-11-39-30-27(32)26(31)13-25(28(30)36)29(22)38/h5-8,12-14,16,24H,3-4,9-11,15,17-18H2,1-2H3. The number of hydrogen-bond acceptors (Lipinski definition) is 6. The number of halogens is 2. The van der Waals surface area contributed by atoms with Crippen LogP contribution in [0.1, 0.15) is 35.4 Å². The van der Waals surface area contributed by atoms with E-state index >= 15 is 0 Å². The minimum absolute atomic E-state index is 0.150. The van der Waals surface area contributed by atoms with Crippen molar-refractivity contribution in [2.24, 2.45) is 0 Å². The number of aromatic nitrogens is 3. The summed E-state index contributed by atoms with van der Waals surface area (Å²) in [4.78, 5) is 27.2. The lowest BCUT2D eigenvalue weighted by atomic mass is 10.0. The second-order valence-electron chi connectivity index (χ2n) is 10.5. The molecule has 7 nitrogen and oxygen atoms in total. The molecule has 202 valence electrons. The average molecular weight is 532 g/mol. The quantitative estimate of drug-likeness (QED) is 0.358. The summed E-state index contributed by atoms with van der Waals surface area (Å²) in [7, 11) is 0. The largest absolute Gasteiger partial charge is 0.486 e. The molecule has 2 aliphatic heterocycles. The van der Waals surface area contributed by atoms with Gasteiger partial charge < -0.3 is 14.2 Å². The number of pyridine rings is 3. The highest BCUT2D eigenvalue weighted by atomic mass is 19.2. The minimum Gasteiger partial charge on any atom is -0.486 e. The molecular formula is C30H31F2N5O2. The Balaban J connectivity index is 1.37. The molecule has 0 aliphatic carbocycles. The molecule has 1 saturated heterocycles. The van der Waals surface area contributed by atoms with Crippen LogP contribution in [0.5, 0.6) is 5.75 Å². The van der Waals surface area contributed by atoms with E-state index in [0.717, 1.165) is 54.6 Å². The van der Waals surface area contributed by atoms with Crippen molar-refractivity contribution in [2.45, 2.75) is 52.4 Å². The summed E-state index contributed by atoms with van der Waals surface area (Å²) >= 11 is 0. The lowest BCUT2D eigenvalue weighted by Crippen LogP contribution is -2.48. The van der Waals surface area contributed by atoms with Crippen molar-refractivity contribution >= 4 is 16.6 Å². The van der Waals surface area contributed by atoms with Gasteiger partial charge in [-0.05, 0) is 62.6 Å². The molecule has 2 aliphatic rings. The third-order valence-electron chi connectivity index (χ3n) is 7.76. The first-order valence-electron chi connectivity index (χ1n) is 13.4. The van der Waals surface area contributed by atoms with Gasteiger partial charge >= 0.3 is 0 Å². The van der Waals surface area contributed by atoms with E-state index in [1.165, 1.54) is 0 Å². The zero-order chi connectivity index (χ0) is 27.1. The average Bonchev–Trinajstić information content (AvgIpc) is 2.94. The van der Waals surface area contributed by atoms with Crippen LogP contribution in [0.25, 0.3) is 10.9 Å². The highest BCUT2D eigenvalue weighted by molar-refractivity contribution is 5.86. The van der Waals surface area contributed by atoms with Crippen LogP contribution >= 0.6 is 0 Å². The predicted molar refractivity (Wildman–Crippen MR) is 146 cm³/mol. The maximum Gasteiger partial charge on any atom is 0.202 e. The molecule has 1 fully saturated rings. The van der Waals surface area contributed by atoms with Crippen molar-refractivity contribution in [3.63, 3.8) is 0 Å². The van der Waals surface area contributed by atoms with Crippen molar-refractivity contribution in [3.05, 3.63) is 93.3 Å². The molecule has 3 aromatic heterocycles. The Labute approximate surface area is 225 Å². The monoisotopic (exact) mass is 531 g/mol. The zero-order valence-corrected chi connectivity index (χ0v) is 22.2. The number of hydrogen-bond donors (Lipinski definition) is 0. The fourth-order valence-corrected chi connectivity index (χ4v) is 5.81. The van der Waals surface area contributed by atoms with Crippen LogP contribution in [0.15, 0.2) is 53.7 Å². The molecule has 6 rings (SSSR count). The Bertz CT molecular complexity index is 1590. The summed E-state index contributed by atoms with van der Waals surface area (Å²) in [5.74, 6) is -2.30. The van der Waals surface area contributed by atoms with E-state index in [9.17, 15) is 13.6 Å². The topological polar surface area (TPSA) is 63.5 Å². The lowest BCUT2D eigenvalue weighted by Gasteiger charge is -2.40. The van der Waals surface area contributed by atoms with Gasteiger partial charge in [-0.1, -0.05) is 0 Å². The number of aryl methyl sites for hydroxylation is 2. The second-order valence-corrected chi connectivity index (χ2v) is 10.5. The highest BCUT2D eigenvalue weighted by Crippen LogP contribution is 2.33. The normalized spacial score (nSPS) is 17.1. The smallest absolute Gasteiger partial charge is 0.202 e. The fourth-order valence-electron chi connectivity index (χ4n) is 5.81. The first-order valence-corrected chi connectivity index (χ1v) is 13.4. The van der Waals surface area contributed by atoms with Gasteiger partial charge in [0.1, 0.15) is 6.61 Å². The van der Waals surface area contributed by atoms with Crippen LogP contribution in [0.3, 0.4) is 0 Å². The third-order valence-corrected chi connectivity index (χ3v) is 7.76. The van der Waals surface area contributed by atoms with Gasteiger partial charge in [-0.25, -0.2) is 4.39 Å². The first-order chi connectivity index (χ1) is 18.9. The fraction of sp³-hybridized carbons (Fsp3) is 0.367. The molecule has 39 heavy (non-hydrogen) atoms. The molecule has 5 heterocycles. The van der Waals surface area contributed by atoms with Crippen molar-refractivity contribution < 1.29 is 13.5 Å². The number of piperidine rings is 1. The van der Waals surface area contributed by atoms with Crippen molar-refractivity contribution in [1.82, 2.24) is 19.4 Å². The Morgan fingerprint density at radius 3 is 2.74 bits per heavy atom. The first kappa shape index (κ1) is 25.4. The van der Waals surface area contributed by atoms with Gasteiger partial charge in [-0.2, -0.15) is 4.39 Å². The van der Waals surface area contributed by atoms with Crippen LogP contribution in [0.4, 0.5) is 14.5 Å². The van der Waals surface area contributed by atoms with Gasteiger partial charge in [0, 0.05) is 61.6 Å². The molecule has 0 spiro atoms. The number of benzene rings is 1. The number of rotatable bonds is 6. The summed E-state index contributed by atoms with van der Waals surface area (Å²) in [6.45, 7) is 7.39. The van der Waals surface area contributed by atoms with Crippen LogP contribution in [0.2, 0.25) is 0 Å². The van der Waals surface area contributed by atoms with Crippen molar-refractivity contribution in [2.75, 3.05) is 24.6 Å². The Hall–Kier alpha value is -3.85. The molecule has 0 radical (unpaired) electrons. The van der Waals surface area contributed by atoms with Crippen molar-refractivity contribution in [3.8, 4) is 5.75 Å². The number of anilines is 1. The van der Waals surface area contributed by atoms with Crippen LogP contribution in [-0.4, -0.2) is 45.2 Å². The molecule has 4 aromatic rings. The minimum atomic E-state index is -1.07. The third kappa shape index (κ3) is 4.98. The Kier molecular flexibility index (Phi) is 6.76. The maximum absolute atomic E-state index is 14.5. The summed E-state index contributed by atoms with van der Waals surface area (Å²) in [6, 6.07) is 9.38. The highest BCUT2D eigenvalue weighted by Gasteiger charge is 2.29. The molecule has 1 atom stereocenters. The van der Waals surface area contributed by atoms with E-state index in [2.05, 4.69) is 31.9 Å². The van der Waals surface area contributed by atoms with Gasteiger partial charge in [-0.3, -0.25) is 19.7 Å². The number of nitrogens with zero attached hydrogens (tertiary/aromatic N) is 5. The SMILES string of the molecule is Cc1ccc(N2CCCC(N(Cc3ccnc(C)c3)Cc3cn4c5c(c(F)c(F)cc5c3=O)OCC4)C2)cn1. The van der Waals surface area contributed by atoms with Crippen molar-refractivity contribution in [1.29, 1.82) is 0 Å². The predicted octanol–water partition coefficient (Wildman–Crippen LogP) is 4.75. The Morgan fingerprint density at radius 1 is 1.08 bits per heavy atom. The molecule has 9 heteroatoms. The molecule has 0 amide bonds. The lowest BCUT2D eigenvalue weighted by molar-refractivity contribution is 0.158. The summed E-state index contributed by atoms with van der Waals surface area (Å²) in [5, 5.41) is 0.150. The molecule has 0 N–H and O–H groups in total. The van der Waals surface area contributed by atoms with E-state index < -0.39 is 11.6 Å². The molecule has 1 unspecified atom stereocenters. The van der Waals surface area contributed by atoms with Crippen LogP contribution < -0.4 is 15.1 Å². The molecule has 0 bridgehead atoms. The summed E-state index contributed by atoms with van der Waals surface area (Å²) < 4.78 is 36.2. The molecule has 0 saturated carbocycles. The number of ether oxygens (including phenoxy) is 1. The van der Waals surface area contributed by atoms with Crippen LogP contribution in [0, 0.1) is 25.5 Å². The maximum atomic E-state index is 14.5. The van der Waals surface area contributed by atoms with Gasteiger partial charge in [0.15, 0.2) is 17.0 Å². The van der Waals surface area contributed by atoms with Gasteiger partial charge in [-0.15, -0.1) is 0 Å². The van der Waals surface area contributed by atoms with Gasteiger partial charge in [0.25, 0.3) is 0 Å². The van der Waals surface area contributed by atoms with E-state index in [1.54, 1.807) is 6.20 Å².